The summed E-state index contributed by atoms with van der Waals surface area (Å²) in [7, 11) is -4.14. The van der Waals surface area contributed by atoms with E-state index in [1.54, 1.807) is 19.1 Å². The zero-order valence-corrected chi connectivity index (χ0v) is 15.6. The molecule has 3 nitrogen and oxygen atoms in total. The molecule has 9 heteroatoms. The van der Waals surface area contributed by atoms with Crippen LogP contribution in [0.25, 0.3) is 0 Å². The van der Waals surface area contributed by atoms with E-state index in [9.17, 15) is 21.6 Å². The fourth-order valence-corrected chi connectivity index (χ4v) is 3.81. The first kappa shape index (κ1) is 18.3. The number of hydrogen-bond donors (Lipinski definition) is 1. The van der Waals surface area contributed by atoms with Crippen molar-refractivity contribution in [1.82, 2.24) is 0 Å². The molecule has 0 aromatic heterocycles. The van der Waals surface area contributed by atoms with Gasteiger partial charge in [-0.05, 0) is 48.9 Å². The minimum atomic E-state index is -4.64. The molecule has 0 aliphatic carbocycles. The van der Waals surface area contributed by atoms with Crippen molar-refractivity contribution in [2.24, 2.45) is 0 Å². The number of aryl methyl sites for hydroxylation is 1. The zero-order chi connectivity index (χ0) is 17.4. The van der Waals surface area contributed by atoms with Crippen LogP contribution in [0, 0.1) is 6.92 Å². The first-order chi connectivity index (χ1) is 10.5. The summed E-state index contributed by atoms with van der Waals surface area (Å²) in [6.07, 6.45) is -4.64. The van der Waals surface area contributed by atoms with Gasteiger partial charge in [-0.3, -0.25) is 4.72 Å². The molecule has 2 rings (SSSR count). The van der Waals surface area contributed by atoms with E-state index in [2.05, 4.69) is 36.6 Å². The Bertz CT molecular complexity index is 852. The Hall–Kier alpha value is -1.06. The molecule has 0 atom stereocenters. The number of sulfonamides is 1. The average molecular weight is 473 g/mol. The molecule has 0 aliphatic heterocycles. The highest BCUT2D eigenvalue weighted by Gasteiger charge is 2.32. The summed E-state index contributed by atoms with van der Waals surface area (Å²) in [4.78, 5) is -0.472. The second-order valence-electron chi connectivity index (χ2n) is 4.74. The van der Waals surface area contributed by atoms with Crippen molar-refractivity contribution >= 4 is 47.6 Å². The fraction of sp³-hybridized carbons (Fsp3) is 0.143. The van der Waals surface area contributed by atoms with Crippen LogP contribution in [0.5, 0.6) is 0 Å². The predicted octanol–water partition coefficient (Wildman–Crippen LogP) is 5.34. The van der Waals surface area contributed by atoms with Gasteiger partial charge in [-0.25, -0.2) is 8.42 Å². The van der Waals surface area contributed by atoms with Gasteiger partial charge in [-0.15, -0.1) is 0 Å². The molecule has 23 heavy (non-hydrogen) atoms. The lowest BCUT2D eigenvalue weighted by molar-refractivity contribution is -0.137. The summed E-state index contributed by atoms with van der Waals surface area (Å²) in [6.45, 7) is 1.77. The molecule has 0 fully saturated rings. The van der Waals surface area contributed by atoms with Crippen molar-refractivity contribution in [3.63, 3.8) is 0 Å². The van der Waals surface area contributed by atoms with Crippen molar-refractivity contribution in [2.75, 3.05) is 4.72 Å². The topological polar surface area (TPSA) is 46.2 Å². The van der Waals surface area contributed by atoms with Crippen LogP contribution in [0.1, 0.15) is 11.1 Å². The van der Waals surface area contributed by atoms with Crippen molar-refractivity contribution < 1.29 is 21.6 Å². The van der Waals surface area contributed by atoms with E-state index in [1.165, 1.54) is 6.07 Å². The van der Waals surface area contributed by atoms with E-state index in [0.717, 1.165) is 22.2 Å². The Morgan fingerprint density at radius 2 is 1.70 bits per heavy atom. The molecular weight excluding hydrogens is 463 g/mol. The molecule has 0 heterocycles. The van der Waals surface area contributed by atoms with Crippen molar-refractivity contribution in [3.05, 3.63) is 56.5 Å². The molecule has 2 aromatic rings. The van der Waals surface area contributed by atoms with E-state index in [-0.39, 0.29) is 10.2 Å². The van der Waals surface area contributed by atoms with Crippen LogP contribution in [-0.4, -0.2) is 8.42 Å². The number of benzene rings is 2. The van der Waals surface area contributed by atoms with Gasteiger partial charge in [0, 0.05) is 14.6 Å². The highest BCUT2D eigenvalue weighted by molar-refractivity contribution is 9.10. The second-order valence-corrected chi connectivity index (χ2v) is 8.20. The monoisotopic (exact) mass is 471 g/mol. The Kier molecular flexibility index (Phi) is 5.12. The predicted molar refractivity (Wildman–Crippen MR) is 88.8 cm³/mol. The SMILES string of the molecule is Cc1cc(NS(=O)(=O)c2cc(Br)cc(C(F)(F)F)c2)ccc1Br. The Morgan fingerprint density at radius 3 is 2.26 bits per heavy atom. The standard InChI is InChI=1S/C14H10Br2F3NO2S/c1-8-4-11(2-3-13(8)16)20-23(21,22)12-6-9(14(17,18)19)5-10(15)7-12/h2-7,20H,1H3. The lowest BCUT2D eigenvalue weighted by atomic mass is 10.2. The van der Waals surface area contributed by atoms with Gasteiger partial charge in [0.1, 0.15) is 0 Å². The van der Waals surface area contributed by atoms with Crippen LogP contribution in [0.4, 0.5) is 18.9 Å². The number of rotatable bonds is 3. The first-order valence-corrected chi connectivity index (χ1v) is 9.23. The number of halogens is 5. The minimum absolute atomic E-state index is 0.0275. The van der Waals surface area contributed by atoms with Crippen LogP contribution in [0.3, 0.4) is 0 Å². The maximum absolute atomic E-state index is 12.8. The van der Waals surface area contributed by atoms with Gasteiger partial charge in [0.25, 0.3) is 10.0 Å². The highest BCUT2D eigenvalue weighted by Crippen LogP contribution is 2.33. The van der Waals surface area contributed by atoms with Crippen molar-refractivity contribution in [1.29, 1.82) is 0 Å². The molecule has 0 saturated carbocycles. The normalized spacial score (nSPS) is 12.3. The summed E-state index contributed by atoms with van der Waals surface area (Å²) < 4.78 is 66.2. The number of anilines is 1. The molecule has 1 N–H and O–H groups in total. The number of nitrogens with one attached hydrogen (secondary N) is 1. The van der Waals surface area contributed by atoms with Crippen molar-refractivity contribution in [2.45, 2.75) is 18.0 Å². The Morgan fingerprint density at radius 1 is 1.04 bits per heavy atom. The Balaban J connectivity index is 2.43. The molecular formula is C14H10Br2F3NO2S. The van der Waals surface area contributed by atoms with E-state index in [1.807, 2.05) is 0 Å². The number of alkyl halides is 3. The fourth-order valence-electron chi connectivity index (χ4n) is 1.80. The highest BCUT2D eigenvalue weighted by atomic mass is 79.9. The van der Waals surface area contributed by atoms with Gasteiger partial charge >= 0.3 is 6.18 Å². The van der Waals surface area contributed by atoms with Crippen LogP contribution in [0.2, 0.25) is 0 Å². The van der Waals surface area contributed by atoms with Crippen LogP contribution in [-0.2, 0) is 16.2 Å². The quantitative estimate of drug-likeness (QED) is 0.655. The molecule has 0 spiro atoms. The molecule has 0 bridgehead atoms. The third-order valence-electron chi connectivity index (χ3n) is 2.92. The third kappa shape index (κ3) is 4.48. The minimum Gasteiger partial charge on any atom is -0.280 e. The molecule has 124 valence electrons. The van der Waals surface area contributed by atoms with E-state index >= 15 is 0 Å². The third-order valence-corrected chi connectivity index (χ3v) is 5.63. The molecule has 0 amide bonds. The lowest BCUT2D eigenvalue weighted by Crippen LogP contribution is -2.15. The first-order valence-electron chi connectivity index (χ1n) is 6.16. The molecule has 2 aromatic carbocycles. The second kappa shape index (κ2) is 6.45. The molecule has 0 radical (unpaired) electrons. The van der Waals surface area contributed by atoms with Gasteiger partial charge in [0.05, 0.1) is 10.5 Å². The van der Waals surface area contributed by atoms with E-state index in [4.69, 9.17) is 0 Å². The number of hydrogen-bond acceptors (Lipinski definition) is 2. The average Bonchev–Trinajstić information content (AvgIpc) is 2.41. The summed E-state index contributed by atoms with van der Waals surface area (Å²) in [5.74, 6) is 0. The van der Waals surface area contributed by atoms with Crippen LogP contribution < -0.4 is 4.72 Å². The summed E-state index contributed by atoms with van der Waals surface area (Å²) in [6, 6.07) is 7.27. The van der Waals surface area contributed by atoms with E-state index < -0.39 is 26.7 Å². The van der Waals surface area contributed by atoms with Crippen LogP contribution >= 0.6 is 31.9 Å². The summed E-state index contributed by atoms with van der Waals surface area (Å²) >= 11 is 6.19. The molecule has 0 saturated heterocycles. The summed E-state index contributed by atoms with van der Waals surface area (Å²) in [5.41, 5.74) is 0.00823. The molecule has 0 unspecified atom stereocenters. The van der Waals surface area contributed by atoms with Crippen LogP contribution in [0.15, 0.2) is 50.2 Å². The maximum atomic E-state index is 12.8. The van der Waals surface area contributed by atoms with Gasteiger partial charge in [0.2, 0.25) is 0 Å². The summed E-state index contributed by atoms with van der Waals surface area (Å²) in [5, 5.41) is 0. The van der Waals surface area contributed by atoms with Gasteiger partial charge in [0.15, 0.2) is 0 Å². The Labute approximate surface area is 148 Å². The van der Waals surface area contributed by atoms with Gasteiger partial charge < -0.3 is 0 Å². The lowest BCUT2D eigenvalue weighted by Gasteiger charge is -2.12. The zero-order valence-electron chi connectivity index (χ0n) is 11.6. The smallest absolute Gasteiger partial charge is 0.280 e. The van der Waals surface area contributed by atoms with Crippen molar-refractivity contribution in [3.8, 4) is 0 Å². The van der Waals surface area contributed by atoms with Gasteiger partial charge in [-0.1, -0.05) is 31.9 Å². The largest absolute Gasteiger partial charge is 0.416 e. The maximum Gasteiger partial charge on any atom is 0.416 e. The molecule has 0 aliphatic rings. The van der Waals surface area contributed by atoms with E-state index in [0.29, 0.717) is 6.07 Å². The van der Waals surface area contributed by atoms with Gasteiger partial charge in [-0.2, -0.15) is 13.2 Å².